The first kappa shape index (κ1) is 23.4. The number of phenols is 1. The quantitative estimate of drug-likeness (QED) is 0.322. The van der Waals surface area contributed by atoms with Crippen LogP contribution in [0.4, 0.5) is 0 Å². The molecule has 1 rings (SSSR count). The molecule has 1 aromatic carbocycles. The van der Waals surface area contributed by atoms with Crippen LogP contribution in [0.3, 0.4) is 0 Å². The number of aliphatic hydroxyl groups excluding tert-OH is 1. The number of carbonyl (C=O) groups is 2. The number of methoxy groups -OCH3 is 1. The normalized spacial score (nSPS) is 12.8. The topological polar surface area (TPSA) is 93.1 Å². The first-order valence-electron chi connectivity index (χ1n) is 9.41. The highest BCUT2D eigenvalue weighted by Crippen LogP contribution is 2.16. The van der Waals surface area contributed by atoms with Crippen molar-refractivity contribution in [2.24, 2.45) is 5.92 Å². The van der Waals surface area contributed by atoms with Gasteiger partial charge in [0, 0.05) is 19.1 Å². The van der Waals surface area contributed by atoms with Crippen LogP contribution < -0.4 is 0 Å². The second kappa shape index (κ2) is 13.6. The van der Waals surface area contributed by atoms with Crippen LogP contribution in [0.5, 0.6) is 5.75 Å². The molecule has 28 heavy (non-hydrogen) atoms. The van der Waals surface area contributed by atoms with Gasteiger partial charge in [0.1, 0.15) is 12.4 Å². The summed E-state index contributed by atoms with van der Waals surface area (Å²) in [5.74, 6) is -0.345. The van der Waals surface area contributed by atoms with Crippen LogP contribution in [0.2, 0.25) is 0 Å². The highest BCUT2D eigenvalue weighted by atomic mass is 16.5. The largest absolute Gasteiger partial charge is 0.508 e. The van der Waals surface area contributed by atoms with Crippen molar-refractivity contribution in [2.75, 3.05) is 20.3 Å². The Morgan fingerprint density at radius 2 is 1.89 bits per heavy atom. The zero-order chi connectivity index (χ0) is 20.8. The number of aliphatic hydroxyl groups is 1. The fraction of sp³-hybridized carbons (Fsp3) is 0.455. The van der Waals surface area contributed by atoms with Gasteiger partial charge in [0.05, 0.1) is 7.11 Å². The number of rotatable bonds is 12. The number of hydrogen-bond donors (Lipinski definition) is 2. The van der Waals surface area contributed by atoms with Gasteiger partial charge in [0.2, 0.25) is 0 Å². The summed E-state index contributed by atoms with van der Waals surface area (Å²) >= 11 is 0. The molecule has 6 nitrogen and oxygen atoms in total. The van der Waals surface area contributed by atoms with Crippen molar-refractivity contribution in [3.63, 3.8) is 0 Å². The summed E-state index contributed by atoms with van der Waals surface area (Å²) in [7, 11) is 1.37. The van der Waals surface area contributed by atoms with Crippen LogP contribution in [0.25, 0.3) is 6.08 Å². The van der Waals surface area contributed by atoms with Crippen molar-refractivity contribution in [3.05, 3.63) is 47.6 Å². The van der Waals surface area contributed by atoms with E-state index in [0.717, 1.165) is 30.4 Å². The Morgan fingerprint density at radius 1 is 1.18 bits per heavy atom. The molecule has 0 aromatic heterocycles. The van der Waals surface area contributed by atoms with Gasteiger partial charge in [-0.15, -0.1) is 0 Å². The molecule has 0 radical (unpaired) electrons. The van der Waals surface area contributed by atoms with E-state index in [9.17, 15) is 19.8 Å². The number of ether oxygens (including phenoxy) is 2. The lowest BCUT2D eigenvalue weighted by atomic mass is 9.97. The second-order valence-corrected chi connectivity index (χ2v) is 6.68. The molecule has 0 heterocycles. The SMILES string of the molecule is COC(=O)CCC[C@H](CO)CCC=C(C)COC(=O)/C=C/c1ccc(O)cc1. The summed E-state index contributed by atoms with van der Waals surface area (Å²) < 4.78 is 9.80. The van der Waals surface area contributed by atoms with Crippen LogP contribution in [0.15, 0.2) is 42.0 Å². The average molecular weight is 390 g/mol. The van der Waals surface area contributed by atoms with Crippen LogP contribution in [-0.2, 0) is 19.1 Å². The fourth-order valence-corrected chi connectivity index (χ4v) is 2.57. The second-order valence-electron chi connectivity index (χ2n) is 6.68. The standard InChI is InChI=1S/C22H30O6/c1-17(5-3-6-19(15-23)7-4-8-21(25)27-2)16-28-22(26)14-11-18-9-12-20(24)13-10-18/h5,9-14,19,23-24H,3-4,6-8,15-16H2,1-2H3/b14-11+,17-5?/t19-/m1/s1. The number of hydrogen-bond acceptors (Lipinski definition) is 6. The van der Waals surface area contributed by atoms with Crippen molar-refractivity contribution in [1.82, 2.24) is 0 Å². The summed E-state index contributed by atoms with van der Waals surface area (Å²) in [6, 6.07) is 6.50. The number of carbonyl (C=O) groups excluding carboxylic acids is 2. The molecule has 154 valence electrons. The maximum Gasteiger partial charge on any atom is 0.331 e. The third-order valence-electron chi connectivity index (χ3n) is 4.29. The molecule has 0 saturated carbocycles. The van der Waals surface area contributed by atoms with Gasteiger partial charge in [-0.1, -0.05) is 18.2 Å². The molecule has 1 atom stereocenters. The van der Waals surface area contributed by atoms with Crippen molar-refractivity contribution < 1.29 is 29.3 Å². The Bertz CT molecular complexity index is 660. The lowest BCUT2D eigenvalue weighted by Crippen LogP contribution is -2.08. The van der Waals surface area contributed by atoms with Gasteiger partial charge in [-0.05, 0) is 67.9 Å². The summed E-state index contributed by atoms with van der Waals surface area (Å²) in [4.78, 5) is 22.9. The molecule has 0 bridgehead atoms. The molecule has 0 aliphatic carbocycles. The van der Waals surface area contributed by atoms with Crippen molar-refractivity contribution in [1.29, 1.82) is 0 Å². The first-order valence-corrected chi connectivity index (χ1v) is 9.41. The highest BCUT2D eigenvalue weighted by Gasteiger charge is 2.08. The summed E-state index contributed by atoms with van der Waals surface area (Å²) in [6.45, 7) is 2.19. The number of benzene rings is 1. The van der Waals surface area contributed by atoms with E-state index >= 15 is 0 Å². The summed E-state index contributed by atoms with van der Waals surface area (Å²) in [5, 5.41) is 18.7. The lowest BCUT2D eigenvalue weighted by Gasteiger charge is -2.12. The molecular weight excluding hydrogens is 360 g/mol. The third kappa shape index (κ3) is 10.5. The zero-order valence-corrected chi connectivity index (χ0v) is 16.6. The van der Waals surface area contributed by atoms with E-state index in [1.165, 1.54) is 13.2 Å². The minimum atomic E-state index is -0.433. The molecule has 0 saturated heterocycles. The van der Waals surface area contributed by atoms with Gasteiger partial charge in [0.25, 0.3) is 0 Å². The average Bonchev–Trinajstić information content (AvgIpc) is 2.70. The van der Waals surface area contributed by atoms with Crippen molar-refractivity contribution >= 4 is 18.0 Å². The first-order chi connectivity index (χ1) is 13.4. The molecule has 0 aliphatic rings. The van der Waals surface area contributed by atoms with E-state index in [-0.39, 0.29) is 30.9 Å². The van der Waals surface area contributed by atoms with Crippen LogP contribution in [0, 0.1) is 5.92 Å². The smallest absolute Gasteiger partial charge is 0.331 e. The van der Waals surface area contributed by atoms with Crippen LogP contribution >= 0.6 is 0 Å². The monoisotopic (exact) mass is 390 g/mol. The number of aromatic hydroxyl groups is 1. The molecule has 6 heteroatoms. The lowest BCUT2D eigenvalue weighted by molar-refractivity contribution is -0.141. The van der Waals surface area contributed by atoms with E-state index in [0.29, 0.717) is 12.8 Å². The summed E-state index contributed by atoms with van der Waals surface area (Å²) in [5.41, 5.74) is 1.74. The predicted molar refractivity (Wildman–Crippen MR) is 108 cm³/mol. The van der Waals surface area contributed by atoms with E-state index in [2.05, 4.69) is 4.74 Å². The fourth-order valence-electron chi connectivity index (χ4n) is 2.57. The maximum absolute atomic E-state index is 11.8. The molecule has 0 spiro atoms. The Hall–Kier alpha value is -2.60. The van der Waals surface area contributed by atoms with Gasteiger partial charge >= 0.3 is 11.9 Å². The minimum absolute atomic E-state index is 0.0884. The number of phenolic OH excluding ortho intramolecular Hbond substituents is 1. The highest BCUT2D eigenvalue weighted by molar-refractivity contribution is 5.87. The Labute approximate surface area is 166 Å². The van der Waals surface area contributed by atoms with Crippen LogP contribution in [0.1, 0.15) is 44.6 Å². The van der Waals surface area contributed by atoms with E-state index in [1.807, 2.05) is 13.0 Å². The van der Waals surface area contributed by atoms with Crippen molar-refractivity contribution in [3.8, 4) is 5.75 Å². The van der Waals surface area contributed by atoms with Crippen LogP contribution in [-0.4, -0.2) is 42.5 Å². The molecule has 0 aliphatic heterocycles. The molecule has 0 amide bonds. The van der Waals surface area contributed by atoms with Gasteiger partial charge in [-0.2, -0.15) is 0 Å². The molecule has 2 N–H and O–H groups in total. The van der Waals surface area contributed by atoms with Gasteiger partial charge in [-0.25, -0.2) is 4.79 Å². The minimum Gasteiger partial charge on any atom is -0.508 e. The third-order valence-corrected chi connectivity index (χ3v) is 4.29. The van der Waals surface area contributed by atoms with Gasteiger partial charge in [-0.3, -0.25) is 4.79 Å². The number of allylic oxidation sites excluding steroid dienone is 1. The molecule has 0 fully saturated rings. The van der Waals surface area contributed by atoms with Gasteiger partial charge in [0.15, 0.2) is 0 Å². The molecular formula is C22H30O6. The Kier molecular flexibility index (Phi) is 11.3. The van der Waals surface area contributed by atoms with E-state index in [1.54, 1.807) is 30.3 Å². The van der Waals surface area contributed by atoms with Gasteiger partial charge < -0.3 is 19.7 Å². The number of esters is 2. The van der Waals surface area contributed by atoms with E-state index in [4.69, 9.17) is 4.74 Å². The zero-order valence-electron chi connectivity index (χ0n) is 16.6. The Balaban J connectivity index is 2.28. The van der Waals surface area contributed by atoms with Crippen molar-refractivity contribution in [2.45, 2.75) is 39.0 Å². The summed E-state index contributed by atoms with van der Waals surface area (Å²) in [6.07, 6.45) is 8.40. The maximum atomic E-state index is 11.8. The molecule has 1 aromatic rings. The Morgan fingerprint density at radius 3 is 2.54 bits per heavy atom. The predicted octanol–water partition coefficient (Wildman–Crippen LogP) is 3.63. The van der Waals surface area contributed by atoms with E-state index < -0.39 is 5.97 Å². The molecule has 0 unspecified atom stereocenters.